The molecule has 0 bridgehead atoms. The predicted octanol–water partition coefficient (Wildman–Crippen LogP) is 3.83. The summed E-state index contributed by atoms with van der Waals surface area (Å²) < 4.78 is 6.71. The maximum atomic E-state index is 5.55. The predicted molar refractivity (Wildman–Crippen MR) is 78.8 cm³/mol. The zero-order chi connectivity index (χ0) is 13.0. The highest BCUT2D eigenvalue weighted by Gasteiger charge is 2.27. The molecule has 1 saturated heterocycles. The van der Waals surface area contributed by atoms with Gasteiger partial charge in [0.2, 0.25) is 0 Å². The summed E-state index contributed by atoms with van der Waals surface area (Å²) in [6, 6.07) is 7.01. The van der Waals surface area contributed by atoms with Gasteiger partial charge in [0.05, 0.1) is 6.61 Å². The number of ether oxygens (including phenoxy) is 1. The van der Waals surface area contributed by atoms with Gasteiger partial charge in [-0.1, -0.05) is 28.9 Å². The molecule has 0 radical (unpaired) electrons. The molecular formula is C15H22BrNO. The maximum Gasteiger partial charge on any atom is 0.0513 e. The van der Waals surface area contributed by atoms with Crippen LogP contribution >= 0.6 is 15.9 Å². The fourth-order valence-corrected chi connectivity index (χ4v) is 3.11. The molecule has 2 nitrogen and oxygen atoms in total. The Morgan fingerprint density at radius 1 is 1.50 bits per heavy atom. The van der Waals surface area contributed by atoms with Crippen LogP contribution in [0.2, 0.25) is 0 Å². The van der Waals surface area contributed by atoms with E-state index in [2.05, 4.69) is 53.3 Å². The third-order valence-corrected chi connectivity index (χ3v) is 4.11. The van der Waals surface area contributed by atoms with E-state index in [1.807, 2.05) is 0 Å². The molecule has 3 heteroatoms. The molecule has 2 atom stereocenters. The molecule has 1 heterocycles. The highest BCUT2D eigenvalue weighted by atomic mass is 79.9. The van der Waals surface area contributed by atoms with Crippen LogP contribution in [0.1, 0.15) is 36.9 Å². The van der Waals surface area contributed by atoms with Crippen molar-refractivity contribution in [3.8, 4) is 0 Å². The summed E-state index contributed by atoms with van der Waals surface area (Å²) in [5.41, 5.74) is 2.77. The van der Waals surface area contributed by atoms with Crippen molar-refractivity contribution in [2.24, 2.45) is 5.92 Å². The molecule has 1 aliphatic rings. The minimum atomic E-state index is 0.431. The summed E-state index contributed by atoms with van der Waals surface area (Å²) in [5.74, 6) is 0.608. The summed E-state index contributed by atoms with van der Waals surface area (Å²) in [6.07, 6.45) is 2.33. The molecule has 18 heavy (non-hydrogen) atoms. The number of benzene rings is 1. The molecular weight excluding hydrogens is 290 g/mol. The zero-order valence-corrected chi connectivity index (χ0v) is 12.8. The van der Waals surface area contributed by atoms with Crippen LogP contribution in [-0.4, -0.2) is 19.8 Å². The highest BCUT2D eigenvalue weighted by molar-refractivity contribution is 9.10. The molecule has 0 aromatic heterocycles. The molecule has 1 aliphatic heterocycles. The van der Waals surface area contributed by atoms with Crippen LogP contribution in [0.25, 0.3) is 0 Å². The fourth-order valence-electron chi connectivity index (χ4n) is 2.63. The van der Waals surface area contributed by atoms with E-state index in [-0.39, 0.29) is 0 Å². The van der Waals surface area contributed by atoms with Crippen LogP contribution in [0.15, 0.2) is 22.7 Å². The van der Waals surface area contributed by atoms with Gasteiger partial charge in [-0.25, -0.2) is 0 Å². The molecule has 1 aromatic carbocycles. The van der Waals surface area contributed by atoms with E-state index in [0.29, 0.717) is 12.0 Å². The SMILES string of the molecule is CCCNC(c1ccc(Br)cc1C)C1CCOC1. The molecule has 1 N–H and O–H groups in total. The average Bonchev–Trinajstić information content (AvgIpc) is 2.85. The second-order valence-electron chi connectivity index (χ2n) is 5.06. The molecule has 100 valence electrons. The quantitative estimate of drug-likeness (QED) is 0.892. The van der Waals surface area contributed by atoms with Crippen molar-refractivity contribution in [1.29, 1.82) is 0 Å². The second kappa shape index (κ2) is 6.69. The Labute approximate surface area is 118 Å². The molecule has 2 rings (SSSR count). The first-order chi connectivity index (χ1) is 8.72. The summed E-state index contributed by atoms with van der Waals surface area (Å²) in [6.45, 7) is 7.26. The van der Waals surface area contributed by atoms with Crippen LogP contribution in [0.4, 0.5) is 0 Å². The zero-order valence-electron chi connectivity index (χ0n) is 11.2. The van der Waals surface area contributed by atoms with E-state index in [9.17, 15) is 0 Å². The van der Waals surface area contributed by atoms with Crippen molar-refractivity contribution in [3.05, 3.63) is 33.8 Å². The van der Waals surface area contributed by atoms with E-state index < -0.39 is 0 Å². The van der Waals surface area contributed by atoms with Crippen LogP contribution in [0.3, 0.4) is 0 Å². The largest absolute Gasteiger partial charge is 0.381 e. The summed E-state index contributed by atoms with van der Waals surface area (Å²) in [4.78, 5) is 0. The third-order valence-electron chi connectivity index (χ3n) is 3.62. The first-order valence-corrected chi connectivity index (χ1v) is 7.59. The fraction of sp³-hybridized carbons (Fsp3) is 0.600. The van der Waals surface area contributed by atoms with Crippen molar-refractivity contribution in [2.75, 3.05) is 19.8 Å². The Morgan fingerprint density at radius 3 is 2.94 bits per heavy atom. The minimum absolute atomic E-state index is 0.431. The van der Waals surface area contributed by atoms with Gasteiger partial charge in [-0.2, -0.15) is 0 Å². The topological polar surface area (TPSA) is 21.3 Å². The highest BCUT2D eigenvalue weighted by Crippen LogP contribution is 2.31. The maximum absolute atomic E-state index is 5.55. The van der Waals surface area contributed by atoms with E-state index in [4.69, 9.17) is 4.74 Å². The van der Waals surface area contributed by atoms with Gasteiger partial charge in [-0.15, -0.1) is 0 Å². The lowest BCUT2D eigenvalue weighted by Gasteiger charge is -2.26. The van der Waals surface area contributed by atoms with E-state index in [0.717, 1.165) is 30.7 Å². The van der Waals surface area contributed by atoms with Crippen molar-refractivity contribution in [1.82, 2.24) is 5.32 Å². The van der Waals surface area contributed by atoms with Gasteiger partial charge in [-0.05, 0) is 49.6 Å². The van der Waals surface area contributed by atoms with Crippen LogP contribution < -0.4 is 5.32 Å². The number of hydrogen-bond donors (Lipinski definition) is 1. The van der Waals surface area contributed by atoms with Crippen molar-refractivity contribution >= 4 is 15.9 Å². The second-order valence-corrected chi connectivity index (χ2v) is 5.97. The van der Waals surface area contributed by atoms with Crippen molar-refractivity contribution < 1.29 is 4.74 Å². The van der Waals surface area contributed by atoms with Gasteiger partial charge in [0.1, 0.15) is 0 Å². The molecule has 0 spiro atoms. The Balaban J connectivity index is 2.20. The minimum Gasteiger partial charge on any atom is -0.381 e. The molecule has 1 aromatic rings. The van der Waals surface area contributed by atoms with Crippen LogP contribution in [0, 0.1) is 12.8 Å². The number of hydrogen-bond acceptors (Lipinski definition) is 2. The van der Waals surface area contributed by atoms with Gasteiger partial charge < -0.3 is 10.1 Å². The standard InChI is InChI=1S/C15H22BrNO/c1-3-7-17-15(12-6-8-18-10-12)14-5-4-13(16)9-11(14)2/h4-5,9,12,15,17H,3,6-8,10H2,1-2H3. The van der Waals surface area contributed by atoms with Gasteiger partial charge in [-0.3, -0.25) is 0 Å². The van der Waals surface area contributed by atoms with Crippen LogP contribution in [-0.2, 0) is 4.74 Å². The lowest BCUT2D eigenvalue weighted by atomic mass is 9.89. The first kappa shape index (κ1) is 14.0. The smallest absolute Gasteiger partial charge is 0.0513 e. The van der Waals surface area contributed by atoms with Gasteiger partial charge >= 0.3 is 0 Å². The Bertz CT molecular complexity index is 388. The first-order valence-electron chi connectivity index (χ1n) is 6.79. The lowest BCUT2D eigenvalue weighted by molar-refractivity contribution is 0.176. The molecule has 0 aliphatic carbocycles. The summed E-state index contributed by atoms with van der Waals surface area (Å²) in [7, 11) is 0. The normalized spacial score (nSPS) is 21.2. The number of aryl methyl sites for hydroxylation is 1. The van der Waals surface area contributed by atoms with Gasteiger partial charge in [0.15, 0.2) is 0 Å². The van der Waals surface area contributed by atoms with E-state index in [1.54, 1.807) is 0 Å². The number of nitrogens with one attached hydrogen (secondary N) is 1. The number of rotatable bonds is 5. The molecule has 0 amide bonds. The summed E-state index contributed by atoms with van der Waals surface area (Å²) >= 11 is 3.54. The Kier molecular flexibility index (Phi) is 5.22. The average molecular weight is 312 g/mol. The van der Waals surface area contributed by atoms with E-state index >= 15 is 0 Å². The lowest BCUT2D eigenvalue weighted by Crippen LogP contribution is -2.30. The van der Waals surface area contributed by atoms with Gasteiger partial charge in [0.25, 0.3) is 0 Å². The van der Waals surface area contributed by atoms with Crippen molar-refractivity contribution in [3.63, 3.8) is 0 Å². The van der Waals surface area contributed by atoms with Gasteiger partial charge in [0, 0.05) is 23.0 Å². The summed E-state index contributed by atoms with van der Waals surface area (Å²) in [5, 5.41) is 3.69. The van der Waals surface area contributed by atoms with Crippen molar-refractivity contribution in [2.45, 2.75) is 32.7 Å². The Hall–Kier alpha value is -0.380. The van der Waals surface area contributed by atoms with Crippen LogP contribution in [0.5, 0.6) is 0 Å². The molecule has 1 fully saturated rings. The third kappa shape index (κ3) is 3.34. The van der Waals surface area contributed by atoms with E-state index in [1.165, 1.54) is 17.5 Å². The monoisotopic (exact) mass is 311 g/mol. The molecule has 0 saturated carbocycles. The molecule has 2 unspecified atom stereocenters. The Morgan fingerprint density at radius 2 is 2.33 bits per heavy atom. The number of halogens is 1.